The zero-order valence-corrected chi connectivity index (χ0v) is 8.69. The fourth-order valence-electron chi connectivity index (χ4n) is 1.76. The first-order valence-electron chi connectivity index (χ1n) is 5.17. The molecule has 1 fully saturated rings. The van der Waals surface area contributed by atoms with E-state index in [-0.39, 0.29) is 0 Å². The number of likely N-dealkylation sites (tertiary alicyclic amines) is 1. The van der Waals surface area contributed by atoms with Gasteiger partial charge in [0.2, 0.25) is 0 Å². The summed E-state index contributed by atoms with van der Waals surface area (Å²) in [5, 5.41) is 0. The van der Waals surface area contributed by atoms with Crippen LogP contribution in [0.5, 0.6) is 0 Å². The average molecular weight is 167 g/mol. The number of allylic oxidation sites excluding steroid dienone is 2. The lowest BCUT2D eigenvalue weighted by atomic mass is 10.1. The Labute approximate surface area is 76.5 Å². The Morgan fingerprint density at radius 2 is 1.67 bits per heavy atom. The summed E-state index contributed by atoms with van der Waals surface area (Å²) >= 11 is 0. The van der Waals surface area contributed by atoms with E-state index in [1.54, 1.807) is 5.57 Å². The van der Waals surface area contributed by atoms with Crippen molar-refractivity contribution < 1.29 is 0 Å². The van der Waals surface area contributed by atoms with Gasteiger partial charge in [-0.25, -0.2) is 0 Å². The highest BCUT2D eigenvalue weighted by molar-refractivity contribution is 5.08. The second-order valence-electron chi connectivity index (χ2n) is 3.77. The fraction of sp³-hybridized carbons (Fsp3) is 0.818. The molecule has 0 radical (unpaired) electrons. The van der Waals surface area contributed by atoms with Gasteiger partial charge in [0.15, 0.2) is 0 Å². The normalized spacial score (nSPS) is 20.8. The molecule has 0 aromatic rings. The maximum atomic E-state index is 2.54. The Morgan fingerprint density at radius 3 is 2.17 bits per heavy atom. The molecule has 0 atom stereocenters. The van der Waals surface area contributed by atoms with Crippen molar-refractivity contribution in [1.82, 2.24) is 4.90 Å². The van der Waals surface area contributed by atoms with Crippen LogP contribution in [0.15, 0.2) is 11.3 Å². The van der Waals surface area contributed by atoms with Crippen LogP contribution in [0, 0.1) is 0 Å². The van der Waals surface area contributed by atoms with Crippen molar-refractivity contribution >= 4 is 0 Å². The van der Waals surface area contributed by atoms with Crippen molar-refractivity contribution in [2.24, 2.45) is 0 Å². The molecule has 1 aliphatic heterocycles. The molecule has 0 unspecified atom stereocenters. The van der Waals surface area contributed by atoms with Gasteiger partial charge in [0.1, 0.15) is 0 Å². The molecule has 1 heterocycles. The second-order valence-corrected chi connectivity index (χ2v) is 3.77. The van der Waals surface area contributed by atoms with Crippen molar-refractivity contribution in [3.63, 3.8) is 0 Å². The van der Waals surface area contributed by atoms with E-state index in [0.29, 0.717) is 0 Å². The monoisotopic (exact) mass is 167 g/mol. The van der Waals surface area contributed by atoms with Crippen LogP contribution in [0.2, 0.25) is 0 Å². The van der Waals surface area contributed by atoms with Gasteiger partial charge >= 0.3 is 0 Å². The molecule has 1 aliphatic rings. The van der Waals surface area contributed by atoms with Crippen molar-refractivity contribution in [3.05, 3.63) is 11.3 Å². The topological polar surface area (TPSA) is 3.24 Å². The van der Waals surface area contributed by atoms with Gasteiger partial charge in [-0.15, -0.1) is 0 Å². The molecule has 70 valence electrons. The number of nitrogens with zero attached hydrogens (tertiary/aromatic N) is 1. The molecule has 0 aliphatic carbocycles. The zero-order valence-electron chi connectivity index (χ0n) is 8.69. The first-order valence-corrected chi connectivity index (χ1v) is 5.17. The summed E-state index contributed by atoms with van der Waals surface area (Å²) in [5.74, 6) is 0. The molecule has 1 rings (SSSR count). The van der Waals surface area contributed by atoms with Gasteiger partial charge in [0.05, 0.1) is 0 Å². The zero-order chi connectivity index (χ0) is 8.97. The molecule has 0 bridgehead atoms. The summed E-state index contributed by atoms with van der Waals surface area (Å²) in [6.45, 7) is 9.32. The average Bonchev–Trinajstić information content (AvgIpc) is 2.17. The molecule has 0 amide bonds. The van der Waals surface area contributed by atoms with Crippen LogP contribution in [0.25, 0.3) is 0 Å². The van der Waals surface area contributed by atoms with Gasteiger partial charge in [0, 0.05) is 18.8 Å². The Hall–Kier alpha value is -0.460. The van der Waals surface area contributed by atoms with Crippen LogP contribution in [-0.2, 0) is 0 Å². The van der Waals surface area contributed by atoms with E-state index in [1.165, 1.54) is 44.5 Å². The second kappa shape index (κ2) is 4.54. The summed E-state index contributed by atoms with van der Waals surface area (Å²) in [6, 6.07) is 0. The first kappa shape index (κ1) is 9.63. The van der Waals surface area contributed by atoms with E-state index in [2.05, 4.69) is 25.7 Å². The predicted octanol–water partition coefficient (Wildman–Crippen LogP) is 3.18. The molecular formula is C11H21N. The first-order chi connectivity index (χ1) is 5.75. The standard InChI is InChI=1S/C11H21N/c1-4-10(2)11(3)12-8-6-5-7-9-12/h4-9H2,1-3H3. The summed E-state index contributed by atoms with van der Waals surface area (Å²) in [7, 11) is 0. The van der Waals surface area contributed by atoms with Crippen LogP contribution < -0.4 is 0 Å². The van der Waals surface area contributed by atoms with Gasteiger partial charge in [0.25, 0.3) is 0 Å². The van der Waals surface area contributed by atoms with E-state index in [4.69, 9.17) is 0 Å². The van der Waals surface area contributed by atoms with E-state index in [0.717, 1.165) is 0 Å². The van der Waals surface area contributed by atoms with Gasteiger partial charge in [-0.3, -0.25) is 0 Å². The highest BCUT2D eigenvalue weighted by atomic mass is 15.1. The van der Waals surface area contributed by atoms with Gasteiger partial charge in [-0.1, -0.05) is 12.5 Å². The summed E-state index contributed by atoms with van der Waals surface area (Å²) in [4.78, 5) is 2.54. The maximum absolute atomic E-state index is 2.54. The van der Waals surface area contributed by atoms with Crippen LogP contribution in [0.3, 0.4) is 0 Å². The molecule has 0 saturated carbocycles. The van der Waals surface area contributed by atoms with Gasteiger partial charge in [-0.2, -0.15) is 0 Å². The van der Waals surface area contributed by atoms with E-state index in [9.17, 15) is 0 Å². The lowest BCUT2D eigenvalue weighted by Gasteiger charge is -2.30. The smallest absolute Gasteiger partial charge is 0.0174 e. The van der Waals surface area contributed by atoms with Crippen molar-refractivity contribution in [2.75, 3.05) is 13.1 Å². The Morgan fingerprint density at radius 1 is 1.08 bits per heavy atom. The van der Waals surface area contributed by atoms with Crippen LogP contribution in [0.1, 0.15) is 46.5 Å². The van der Waals surface area contributed by atoms with Gasteiger partial charge in [-0.05, 0) is 39.5 Å². The molecule has 0 aromatic carbocycles. The molecule has 1 nitrogen and oxygen atoms in total. The van der Waals surface area contributed by atoms with Crippen LogP contribution >= 0.6 is 0 Å². The Kier molecular flexibility index (Phi) is 3.64. The van der Waals surface area contributed by atoms with E-state index in [1.807, 2.05) is 0 Å². The third-order valence-electron chi connectivity index (χ3n) is 2.98. The van der Waals surface area contributed by atoms with Crippen molar-refractivity contribution in [1.29, 1.82) is 0 Å². The summed E-state index contributed by atoms with van der Waals surface area (Å²) in [5.41, 5.74) is 3.08. The molecule has 1 saturated heterocycles. The molecule has 1 heteroatoms. The minimum Gasteiger partial charge on any atom is -0.375 e. The lowest BCUT2D eigenvalue weighted by Crippen LogP contribution is -2.28. The number of hydrogen-bond acceptors (Lipinski definition) is 1. The number of piperidine rings is 1. The van der Waals surface area contributed by atoms with E-state index >= 15 is 0 Å². The Bertz CT molecular complexity index is 164. The molecular weight excluding hydrogens is 146 g/mol. The third-order valence-corrected chi connectivity index (χ3v) is 2.98. The fourth-order valence-corrected chi connectivity index (χ4v) is 1.76. The number of hydrogen-bond donors (Lipinski definition) is 0. The van der Waals surface area contributed by atoms with Crippen molar-refractivity contribution in [2.45, 2.75) is 46.5 Å². The summed E-state index contributed by atoms with van der Waals surface area (Å²) < 4.78 is 0. The van der Waals surface area contributed by atoms with Crippen LogP contribution in [-0.4, -0.2) is 18.0 Å². The lowest BCUT2D eigenvalue weighted by molar-refractivity contribution is 0.283. The van der Waals surface area contributed by atoms with E-state index < -0.39 is 0 Å². The molecule has 12 heavy (non-hydrogen) atoms. The SMILES string of the molecule is CCC(C)=C(C)N1CCCCC1. The maximum Gasteiger partial charge on any atom is 0.0174 e. The van der Waals surface area contributed by atoms with Crippen LogP contribution in [0.4, 0.5) is 0 Å². The third kappa shape index (κ3) is 2.26. The minimum absolute atomic E-state index is 1.20. The summed E-state index contributed by atoms with van der Waals surface area (Å²) in [6.07, 6.45) is 5.39. The van der Waals surface area contributed by atoms with Gasteiger partial charge < -0.3 is 4.90 Å². The minimum atomic E-state index is 1.20. The van der Waals surface area contributed by atoms with Crippen molar-refractivity contribution in [3.8, 4) is 0 Å². The quantitative estimate of drug-likeness (QED) is 0.610. The molecule has 0 N–H and O–H groups in total. The largest absolute Gasteiger partial charge is 0.375 e. The predicted molar refractivity (Wildman–Crippen MR) is 54.1 cm³/mol. The highest BCUT2D eigenvalue weighted by Crippen LogP contribution is 2.18. The molecule has 0 spiro atoms. The molecule has 0 aromatic heterocycles. The number of rotatable bonds is 2. The Balaban J connectivity index is 2.55. The highest BCUT2D eigenvalue weighted by Gasteiger charge is 2.10.